The first kappa shape index (κ1) is 111. The van der Waals surface area contributed by atoms with Gasteiger partial charge in [0.05, 0.1) is 58.2 Å². The number of aliphatic imine (C=N–C) groups is 6. The molecule has 0 aliphatic carbocycles. The first-order chi connectivity index (χ1) is 58.7. The quantitative estimate of drug-likeness (QED) is 0.0463. The lowest BCUT2D eigenvalue weighted by Crippen LogP contribution is -2.62. The lowest BCUT2D eigenvalue weighted by Gasteiger charge is -2.33. The number of dihydropyridines is 1. The predicted octanol–water partition coefficient (Wildman–Crippen LogP) is 8.52. The molecule has 6 saturated heterocycles. The van der Waals surface area contributed by atoms with Gasteiger partial charge in [-0.05, 0) is 110 Å². The van der Waals surface area contributed by atoms with Crippen LogP contribution in [-0.4, -0.2) is 288 Å². The van der Waals surface area contributed by atoms with E-state index < -0.39 is 24.2 Å². The Balaban J connectivity index is 0.000000367. The number of ketones is 1. The third-order valence-electron chi connectivity index (χ3n) is 20.0. The zero-order chi connectivity index (χ0) is 90.0. The van der Waals surface area contributed by atoms with Crippen LogP contribution in [0.2, 0.25) is 0 Å². The van der Waals surface area contributed by atoms with Crippen LogP contribution in [0.3, 0.4) is 0 Å². The fraction of sp³-hybridized carbons (Fsp3) is 0.663. The number of ether oxygens (including phenoxy) is 7. The van der Waals surface area contributed by atoms with Crippen LogP contribution in [0.15, 0.2) is 102 Å². The number of benzene rings is 2. The number of amides is 8. The molecule has 2 aromatic carbocycles. The molecule has 0 radical (unpaired) electrons. The Morgan fingerprint density at radius 3 is 1.29 bits per heavy atom. The number of nitrogens with zero attached hydrogens (tertiary/aromatic N) is 8. The molecule has 0 spiro atoms. The highest BCUT2D eigenvalue weighted by molar-refractivity contribution is 7.81. The SMILES string of the molecule is C.C.CC(C)[C@H]1NC(=O)[C@H](CS)CC1=O.CCOC1=CCC(OCC)=N[C@H]1CS.CCOC1=N[C@@H](CS)C(=O)N2CCC[C@H]12.CCOC1=N[C@H](C(C)C)C(OCC)=N[C@H]1CS.CCOC1=N[C@H](Cc2ccccc2)C(OCC)=N[C@H]1CS.CC[C@H]1NC(=O)[C@H](CS)NC1=O.O=C1N[C@@H](CS)C(=O)N2CCC[C@H]12.O=C1N[C@H](Cc2ccccc2)C(=O)N[C@H]1CS. The van der Waals surface area contributed by atoms with Crippen molar-refractivity contribution in [3.05, 3.63) is 83.6 Å². The number of carbonyl (C=O) groups excluding carboxylic acids is 9. The summed E-state index contributed by atoms with van der Waals surface area (Å²) in [4.78, 5) is 134. The molecule has 6 N–H and O–H groups in total. The molecule has 8 amide bonds. The predicted molar refractivity (Wildman–Crippen MR) is 520 cm³/mol. The topological polar surface area (TPSA) is 371 Å². The first-order valence-electron chi connectivity index (χ1n) is 42.1. The van der Waals surface area contributed by atoms with Crippen molar-refractivity contribution in [2.45, 2.75) is 240 Å². The van der Waals surface area contributed by atoms with E-state index in [1.54, 1.807) is 4.90 Å². The summed E-state index contributed by atoms with van der Waals surface area (Å²) in [5.41, 5.74) is 2.23. The van der Waals surface area contributed by atoms with Crippen molar-refractivity contribution in [3.63, 3.8) is 0 Å². The monoisotopic (exact) mass is 1880 g/mol. The van der Waals surface area contributed by atoms with E-state index in [-0.39, 0.29) is 140 Å². The Bertz CT molecular complexity index is 3860. The van der Waals surface area contributed by atoms with Crippen LogP contribution < -0.4 is 31.9 Å². The fourth-order valence-corrected chi connectivity index (χ4v) is 15.8. The van der Waals surface area contributed by atoms with Gasteiger partial charge in [-0.2, -0.15) is 101 Å². The maximum absolute atomic E-state index is 11.9. The van der Waals surface area contributed by atoms with Gasteiger partial charge in [0.25, 0.3) is 0 Å². The number of carbonyl (C=O) groups is 9. The summed E-state index contributed by atoms with van der Waals surface area (Å²) in [6.07, 6.45) is 8.75. The third-order valence-corrected chi connectivity index (χ3v) is 22.9. The smallest absolute Gasteiger partial charge is 0.249 e. The van der Waals surface area contributed by atoms with Crippen molar-refractivity contribution in [2.24, 2.45) is 47.7 Å². The Hall–Kier alpha value is -6.97. The molecule has 30 nitrogen and oxygen atoms in total. The number of piperidine rings is 1. The molecule has 0 bridgehead atoms. The first-order valence-corrected chi connectivity index (χ1v) is 47.2. The van der Waals surface area contributed by atoms with Crippen molar-refractivity contribution in [1.29, 1.82) is 0 Å². The van der Waals surface area contributed by atoms with Gasteiger partial charge in [-0.15, -0.1) is 0 Å². The minimum absolute atomic E-state index is 0. The van der Waals surface area contributed by atoms with E-state index in [1.807, 2.05) is 129 Å². The minimum atomic E-state index is -0.516. The third kappa shape index (κ3) is 34.2. The number of piperazine rings is 3. The van der Waals surface area contributed by atoms with Crippen molar-refractivity contribution >= 4 is 189 Å². The van der Waals surface area contributed by atoms with Gasteiger partial charge in [0.1, 0.15) is 84.3 Å². The highest BCUT2D eigenvalue weighted by Crippen LogP contribution is 2.28. The van der Waals surface area contributed by atoms with E-state index >= 15 is 0 Å². The molecule has 10 aliphatic heterocycles. The molecular formula is C86H138N14O16S8. The summed E-state index contributed by atoms with van der Waals surface area (Å²) in [5.74, 6) is 8.87. The lowest BCUT2D eigenvalue weighted by molar-refractivity contribution is -0.146. The van der Waals surface area contributed by atoms with Crippen LogP contribution in [0.4, 0.5) is 0 Å². The standard InChI is InChI=1S/C16H22N2O2S.C12H14N2O2S.C12H22N2O2S.C10H16N2O2S.C10H17NO2S.C9H15NO2S.C8H12N2O2S.C7H12N2O2S.2CH4/c1-3-19-15-13(10-12-8-6-5-7-9-12)17-16(20-4-2)14(11-21)18-15;15-11-9(6-8-4-2-1-3-5-8)13-12(16)10(7-17)14-11;1-5-15-11-9(7-17)13-12(16-6-2)10(14-11)8(3)4;1-2-14-9-8-4-3-5-12(8)10(13)7(6-15)11-9;1-3-12-9-5-6-10(13-4-2)11-8(9)7-14;1-5(2)8-7(11)3-6(4-13)9(12)10-8;11-7-6-2-1-3-10(6)8(12)5(4-13)9-7;1-2-4-6(10)9-5(3-12)7(11)8-4;;/h5-9,13-14,21H,3-4,10-11H2,1-2H3;1-5,9-10,17H,6-7H2,(H,13,16)(H,14,15);8-10,17H,5-7H2,1-4H3;7-8,15H,2-6H2,1H3;5,8,14H,3-4,6-7H2,1-2H3;5-6,8,13H,3-4H2,1-2H3,(H,10,12);5-6,13H,1-4H2,(H,9,11);4-5,12H,2-3H2,1H3,(H,8,11)(H,9,10);2*1H4/t13-,14+;2*9-,10+;7-,8+;8-;6-,8+;5-,6+;4-,5+;;/m11000001../s1. The summed E-state index contributed by atoms with van der Waals surface area (Å²) >= 11 is 33.0. The van der Waals surface area contributed by atoms with Crippen molar-refractivity contribution < 1.29 is 76.3 Å². The largest absolute Gasteiger partial charge is 0.496 e. The normalized spacial score (nSPS) is 25.7. The average Bonchev–Trinajstić information content (AvgIpc) is 1.62. The number of hydrogen-bond acceptors (Lipinski definition) is 30. The van der Waals surface area contributed by atoms with Crippen LogP contribution in [0.5, 0.6) is 0 Å². The van der Waals surface area contributed by atoms with Gasteiger partial charge in [-0.25, -0.2) is 30.0 Å². The van der Waals surface area contributed by atoms with E-state index in [4.69, 9.17) is 38.2 Å². The Kier molecular flexibility index (Phi) is 53.8. The maximum Gasteiger partial charge on any atom is 0.249 e. The Morgan fingerprint density at radius 1 is 0.387 bits per heavy atom. The summed E-state index contributed by atoms with van der Waals surface area (Å²) in [6, 6.07) is 16.5. The molecule has 15 atom stereocenters. The second kappa shape index (κ2) is 60.0. The zero-order valence-corrected chi connectivity index (χ0v) is 79.4. The zero-order valence-electron chi connectivity index (χ0n) is 72.2. The minimum Gasteiger partial charge on any atom is -0.496 e. The van der Waals surface area contributed by atoms with E-state index in [0.717, 1.165) is 74.7 Å². The van der Waals surface area contributed by atoms with Gasteiger partial charge in [-0.3, -0.25) is 43.2 Å². The van der Waals surface area contributed by atoms with Crippen LogP contribution >= 0.6 is 101 Å². The highest BCUT2D eigenvalue weighted by atomic mass is 32.1. The molecule has 0 saturated carbocycles. The van der Waals surface area contributed by atoms with Gasteiger partial charge < -0.3 is 74.9 Å². The van der Waals surface area contributed by atoms with Crippen molar-refractivity contribution in [3.8, 4) is 0 Å². The molecule has 38 heteroatoms. The van der Waals surface area contributed by atoms with E-state index in [2.05, 4.69) is 184 Å². The molecule has 696 valence electrons. The number of nitrogens with one attached hydrogen (secondary N) is 6. The van der Waals surface area contributed by atoms with Gasteiger partial charge in [0, 0.05) is 84.8 Å². The molecule has 10 heterocycles. The van der Waals surface area contributed by atoms with Crippen molar-refractivity contribution in [2.75, 3.05) is 105 Å². The van der Waals surface area contributed by atoms with Gasteiger partial charge in [0.2, 0.25) is 76.7 Å². The molecule has 0 aromatic heterocycles. The summed E-state index contributed by atoms with van der Waals surface area (Å²) in [6.45, 7) is 29.5. The molecule has 0 unspecified atom stereocenters. The van der Waals surface area contributed by atoms with Crippen LogP contribution in [0.25, 0.3) is 0 Å². The molecule has 10 aliphatic rings. The summed E-state index contributed by atoms with van der Waals surface area (Å²) < 4.78 is 38.7. The second-order valence-electron chi connectivity index (χ2n) is 29.5. The number of fused-ring (bicyclic) bond motifs is 2. The van der Waals surface area contributed by atoms with E-state index in [1.165, 1.54) is 5.56 Å². The van der Waals surface area contributed by atoms with Crippen molar-refractivity contribution in [1.82, 2.24) is 41.7 Å². The second-order valence-corrected chi connectivity index (χ2v) is 32.4. The fourth-order valence-electron chi connectivity index (χ4n) is 13.8. The van der Waals surface area contributed by atoms with Crippen LogP contribution in [0.1, 0.15) is 154 Å². The number of thiol groups is 8. The number of rotatable bonds is 23. The highest BCUT2D eigenvalue weighted by Gasteiger charge is 2.44. The Morgan fingerprint density at radius 2 is 0.806 bits per heavy atom. The van der Waals surface area contributed by atoms with Gasteiger partial charge in [0.15, 0.2) is 11.7 Å². The van der Waals surface area contributed by atoms with E-state index in [0.29, 0.717) is 141 Å². The molecule has 124 heavy (non-hydrogen) atoms. The van der Waals surface area contributed by atoms with Gasteiger partial charge >= 0.3 is 0 Å². The van der Waals surface area contributed by atoms with Crippen LogP contribution in [-0.2, 0) is 89.2 Å². The molecule has 6 fully saturated rings. The summed E-state index contributed by atoms with van der Waals surface area (Å²) in [5, 5.41) is 16.0. The lowest BCUT2D eigenvalue weighted by atomic mass is 9.88. The molecule has 2 aromatic rings. The van der Waals surface area contributed by atoms with E-state index in [9.17, 15) is 43.2 Å². The average molecular weight is 1880 g/mol. The number of hydrogen-bond donors (Lipinski definition) is 14. The number of Topliss-reactive ketones (excluding diaryl/α,β-unsaturated/α-hetero) is 1. The molecule has 12 rings (SSSR count). The van der Waals surface area contributed by atoms with Crippen LogP contribution in [0, 0.1) is 17.8 Å². The molecular weight excluding hydrogens is 1740 g/mol. The Labute approximate surface area is 778 Å². The maximum atomic E-state index is 11.9. The van der Waals surface area contributed by atoms with Gasteiger partial charge in [-0.1, -0.05) is 110 Å². The summed E-state index contributed by atoms with van der Waals surface area (Å²) in [7, 11) is 0.